The minimum atomic E-state index is -1.17. The van der Waals surface area contributed by atoms with Gasteiger partial charge in [-0.25, -0.2) is 4.39 Å². The van der Waals surface area contributed by atoms with Gasteiger partial charge >= 0.3 is 5.97 Å². The Balaban J connectivity index is 2.81. The highest BCUT2D eigenvalue weighted by atomic mass is 32.2. The molecule has 2 nitrogen and oxygen atoms in total. The molecule has 12 heavy (non-hydrogen) atoms. The van der Waals surface area contributed by atoms with Gasteiger partial charge in [-0.05, 0) is 18.6 Å². The third-order valence-electron chi connectivity index (χ3n) is 2.53. The molecule has 2 atom stereocenters. The molecule has 0 spiro atoms. The van der Waals surface area contributed by atoms with Crippen LogP contribution in [0.15, 0.2) is 0 Å². The maximum Gasteiger partial charge on any atom is 0.313 e. The molecule has 1 aliphatic rings. The van der Waals surface area contributed by atoms with Crippen LogP contribution < -0.4 is 0 Å². The normalized spacial score (nSPS) is 36.3. The smallest absolute Gasteiger partial charge is 0.313 e. The van der Waals surface area contributed by atoms with Gasteiger partial charge in [0.05, 0.1) is 0 Å². The van der Waals surface area contributed by atoms with Gasteiger partial charge in [0.2, 0.25) is 0 Å². The van der Waals surface area contributed by atoms with E-state index in [1.807, 2.05) is 0 Å². The summed E-state index contributed by atoms with van der Waals surface area (Å²) in [4.78, 5) is 10.9. The number of aliphatic carboxylic acids is 1. The monoisotopic (exact) mass is 192 g/mol. The standard InChI is InChI=1S/C8H13FO2S/c1-2-8(7(10)11)5-12-4-3-6(8)9/h6H,2-5H2,1H3,(H,10,11). The van der Waals surface area contributed by atoms with Crippen molar-refractivity contribution in [1.82, 2.24) is 0 Å². The minimum Gasteiger partial charge on any atom is -0.481 e. The van der Waals surface area contributed by atoms with E-state index in [2.05, 4.69) is 0 Å². The minimum absolute atomic E-state index is 0.380. The van der Waals surface area contributed by atoms with Gasteiger partial charge in [-0.15, -0.1) is 0 Å². The number of hydrogen-bond donors (Lipinski definition) is 1. The van der Waals surface area contributed by atoms with Gasteiger partial charge < -0.3 is 5.11 Å². The predicted octanol–water partition coefficient (Wildman–Crippen LogP) is 1.94. The van der Waals surface area contributed by atoms with Crippen molar-refractivity contribution in [3.63, 3.8) is 0 Å². The highest BCUT2D eigenvalue weighted by Gasteiger charge is 2.46. The van der Waals surface area contributed by atoms with Crippen molar-refractivity contribution < 1.29 is 14.3 Å². The van der Waals surface area contributed by atoms with Crippen LogP contribution in [0, 0.1) is 5.41 Å². The Hall–Kier alpha value is -0.250. The van der Waals surface area contributed by atoms with E-state index in [0.717, 1.165) is 5.75 Å². The van der Waals surface area contributed by atoms with Crippen LogP contribution in [0.25, 0.3) is 0 Å². The summed E-state index contributed by atoms with van der Waals surface area (Å²) in [5.41, 5.74) is -1.11. The number of hydrogen-bond acceptors (Lipinski definition) is 2. The summed E-state index contributed by atoms with van der Waals surface area (Å²) in [6, 6.07) is 0. The van der Waals surface area contributed by atoms with Gasteiger partial charge in [0.25, 0.3) is 0 Å². The molecule has 2 unspecified atom stereocenters. The number of carbonyl (C=O) groups is 1. The maximum atomic E-state index is 13.4. The second kappa shape index (κ2) is 3.64. The molecule has 1 saturated heterocycles. The summed E-state index contributed by atoms with van der Waals surface area (Å²) in [6.45, 7) is 1.74. The summed E-state index contributed by atoms with van der Waals surface area (Å²) in [5, 5.41) is 8.91. The molecule has 0 aliphatic carbocycles. The van der Waals surface area contributed by atoms with E-state index in [1.54, 1.807) is 6.92 Å². The van der Waals surface area contributed by atoms with Gasteiger partial charge in [0.15, 0.2) is 0 Å². The molecular formula is C8H13FO2S. The highest BCUT2D eigenvalue weighted by Crippen LogP contribution is 2.39. The molecule has 0 aromatic carbocycles. The lowest BCUT2D eigenvalue weighted by atomic mass is 9.81. The second-order valence-electron chi connectivity index (χ2n) is 3.12. The molecule has 1 rings (SSSR count). The fourth-order valence-corrected chi connectivity index (χ4v) is 2.87. The largest absolute Gasteiger partial charge is 0.481 e. The highest BCUT2D eigenvalue weighted by molar-refractivity contribution is 7.99. The summed E-state index contributed by atoms with van der Waals surface area (Å²) < 4.78 is 13.4. The molecule has 0 aromatic rings. The SMILES string of the molecule is CCC1(C(=O)O)CSCCC1F. The van der Waals surface area contributed by atoms with Gasteiger partial charge in [-0.3, -0.25) is 4.79 Å². The first-order valence-electron chi connectivity index (χ1n) is 4.08. The van der Waals surface area contributed by atoms with Crippen LogP contribution in [-0.4, -0.2) is 28.8 Å². The Kier molecular flexibility index (Phi) is 2.99. The van der Waals surface area contributed by atoms with Gasteiger partial charge in [0, 0.05) is 5.75 Å². The van der Waals surface area contributed by atoms with Crippen LogP contribution in [0.3, 0.4) is 0 Å². The van der Waals surface area contributed by atoms with E-state index in [0.29, 0.717) is 18.6 Å². The molecule has 1 heterocycles. The third-order valence-corrected chi connectivity index (χ3v) is 3.78. The Morgan fingerprint density at radius 2 is 2.50 bits per heavy atom. The number of carboxylic acid groups (broad SMARTS) is 1. The van der Waals surface area contributed by atoms with Crippen LogP contribution in [0.1, 0.15) is 19.8 Å². The average molecular weight is 192 g/mol. The van der Waals surface area contributed by atoms with E-state index in [1.165, 1.54) is 11.8 Å². The topological polar surface area (TPSA) is 37.3 Å². The van der Waals surface area contributed by atoms with Crippen molar-refractivity contribution >= 4 is 17.7 Å². The van der Waals surface area contributed by atoms with Crippen LogP contribution in [0.2, 0.25) is 0 Å². The molecule has 0 bridgehead atoms. The number of alkyl halides is 1. The molecule has 0 saturated carbocycles. The zero-order valence-corrected chi connectivity index (χ0v) is 7.86. The molecule has 0 radical (unpaired) electrons. The summed E-state index contributed by atoms with van der Waals surface area (Å²) in [6.07, 6.45) is -0.400. The number of halogens is 1. The lowest BCUT2D eigenvalue weighted by molar-refractivity contribution is -0.152. The van der Waals surface area contributed by atoms with E-state index >= 15 is 0 Å². The van der Waals surface area contributed by atoms with Crippen molar-refractivity contribution in [2.24, 2.45) is 5.41 Å². The van der Waals surface area contributed by atoms with Crippen molar-refractivity contribution in [3.8, 4) is 0 Å². The van der Waals surface area contributed by atoms with Crippen molar-refractivity contribution in [2.45, 2.75) is 25.9 Å². The van der Waals surface area contributed by atoms with Crippen LogP contribution >= 0.6 is 11.8 Å². The van der Waals surface area contributed by atoms with Crippen LogP contribution in [0.5, 0.6) is 0 Å². The zero-order chi connectivity index (χ0) is 9.19. The van der Waals surface area contributed by atoms with Crippen LogP contribution in [-0.2, 0) is 4.79 Å². The molecule has 1 fully saturated rings. The van der Waals surface area contributed by atoms with Gasteiger partial charge in [-0.2, -0.15) is 11.8 Å². The zero-order valence-electron chi connectivity index (χ0n) is 7.05. The first kappa shape index (κ1) is 9.84. The van der Waals surface area contributed by atoms with E-state index < -0.39 is 17.6 Å². The maximum absolute atomic E-state index is 13.4. The second-order valence-corrected chi connectivity index (χ2v) is 4.23. The van der Waals surface area contributed by atoms with Gasteiger partial charge in [0.1, 0.15) is 11.6 Å². The van der Waals surface area contributed by atoms with E-state index in [9.17, 15) is 9.18 Å². The predicted molar refractivity (Wildman–Crippen MR) is 47.2 cm³/mol. The van der Waals surface area contributed by atoms with Crippen molar-refractivity contribution in [2.75, 3.05) is 11.5 Å². The number of rotatable bonds is 2. The lowest BCUT2D eigenvalue weighted by Gasteiger charge is -2.34. The summed E-state index contributed by atoms with van der Waals surface area (Å²) >= 11 is 1.54. The Labute approximate surface area is 75.5 Å². The fourth-order valence-electron chi connectivity index (χ4n) is 1.48. The fraction of sp³-hybridized carbons (Fsp3) is 0.875. The average Bonchev–Trinajstić information content (AvgIpc) is 2.05. The lowest BCUT2D eigenvalue weighted by Crippen LogP contribution is -2.44. The molecule has 1 aliphatic heterocycles. The molecule has 1 N–H and O–H groups in total. The summed E-state index contributed by atoms with van der Waals surface area (Å²) in [7, 11) is 0. The quantitative estimate of drug-likeness (QED) is 0.726. The van der Waals surface area contributed by atoms with Crippen LogP contribution in [0.4, 0.5) is 4.39 Å². The number of carboxylic acids is 1. The molecule has 0 aromatic heterocycles. The Morgan fingerprint density at radius 1 is 1.83 bits per heavy atom. The molecular weight excluding hydrogens is 179 g/mol. The van der Waals surface area contributed by atoms with Crippen molar-refractivity contribution in [3.05, 3.63) is 0 Å². The Morgan fingerprint density at radius 3 is 2.83 bits per heavy atom. The van der Waals surface area contributed by atoms with Crippen molar-refractivity contribution in [1.29, 1.82) is 0 Å². The third kappa shape index (κ3) is 1.44. The van der Waals surface area contributed by atoms with Gasteiger partial charge in [-0.1, -0.05) is 6.92 Å². The summed E-state index contributed by atoms with van der Waals surface area (Å²) in [5.74, 6) is 0.181. The first-order chi connectivity index (χ1) is 5.63. The van der Waals surface area contributed by atoms with E-state index in [-0.39, 0.29) is 0 Å². The molecule has 0 amide bonds. The van der Waals surface area contributed by atoms with E-state index in [4.69, 9.17) is 5.11 Å². The molecule has 4 heteroatoms. The Bertz CT molecular complexity index is 186. The number of thioether (sulfide) groups is 1. The first-order valence-corrected chi connectivity index (χ1v) is 5.24. The molecule has 70 valence electrons.